The Balaban J connectivity index is 2.12. The summed E-state index contributed by atoms with van der Waals surface area (Å²) >= 11 is 5.67. The normalized spacial score (nSPS) is 21.8. The van der Waals surface area contributed by atoms with Crippen LogP contribution in [0.25, 0.3) is 0 Å². The minimum Gasteiger partial charge on any atom is -0.481 e. The molecule has 0 amide bonds. The van der Waals surface area contributed by atoms with Crippen LogP contribution in [-0.4, -0.2) is 30.5 Å². The van der Waals surface area contributed by atoms with Crippen LogP contribution in [0, 0.1) is 16.0 Å². The molecule has 0 unspecified atom stereocenters. The minimum absolute atomic E-state index is 0.143. The topological polar surface area (TPSA) is 127 Å². The first kappa shape index (κ1) is 17.6. The number of halogens is 1. The van der Waals surface area contributed by atoms with Crippen molar-refractivity contribution in [2.24, 2.45) is 5.92 Å². The van der Waals surface area contributed by atoms with Gasteiger partial charge >= 0.3 is 5.97 Å². The van der Waals surface area contributed by atoms with Crippen LogP contribution in [0.4, 0.5) is 5.69 Å². The number of rotatable bonds is 5. The van der Waals surface area contributed by atoms with Crippen LogP contribution >= 0.6 is 11.6 Å². The number of aliphatic carboxylic acids is 1. The molecule has 0 aromatic heterocycles. The summed E-state index contributed by atoms with van der Waals surface area (Å²) in [7, 11) is -3.93. The lowest BCUT2D eigenvalue weighted by Gasteiger charge is -2.26. The number of sulfonamides is 1. The van der Waals surface area contributed by atoms with Crippen molar-refractivity contribution in [2.45, 2.75) is 36.6 Å². The smallest absolute Gasteiger partial charge is 0.306 e. The van der Waals surface area contributed by atoms with Gasteiger partial charge in [-0.05, 0) is 37.8 Å². The molecular weight excluding hydrogens is 348 g/mol. The van der Waals surface area contributed by atoms with Gasteiger partial charge in [0.15, 0.2) is 0 Å². The van der Waals surface area contributed by atoms with Gasteiger partial charge in [0.1, 0.15) is 5.02 Å². The quantitative estimate of drug-likeness (QED) is 0.610. The zero-order chi connectivity index (χ0) is 17.2. The number of carbonyl (C=O) groups is 1. The van der Waals surface area contributed by atoms with E-state index < -0.39 is 32.5 Å². The summed E-state index contributed by atoms with van der Waals surface area (Å²) in [5, 5.41) is 19.6. The maximum atomic E-state index is 12.3. The van der Waals surface area contributed by atoms with E-state index in [0.29, 0.717) is 25.7 Å². The maximum absolute atomic E-state index is 12.3. The van der Waals surface area contributed by atoms with E-state index in [9.17, 15) is 23.3 Å². The van der Waals surface area contributed by atoms with Crippen LogP contribution in [0.15, 0.2) is 23.1 Å². The van der Waals surface area contributed by atoms with Crippen LogP contribution in [0.2, 0.25) is 5.02 Å². The summed E-state index contributed by atoms with van der Waals surface area (Å²) in [5.74, 6) is -1.33. The third-order valence-corrected chi connectivity index (χ3v) is 5.66. The number of nitrogens with one attached hydrogen (secondary N) is 1. The van der Waals surface area contributed by atoms with Gasteiger partial charge in [-0.2, -0.15) is 0 Å². The second-order valence-electron chi connectivity index (χ2n) is 5.38. The molecule has 0 radical (unpaired) electrons. The van der Waals surface area contributed by atoms with E-state index in [-0.39, 0.29) is 16.0 Å². The zero-order valence-electron chi connectivity index (χ0n) is 11.9. The summed E-state index contributed by atoms with van der Waals surface area (Å²) in [4.78, 5) is 20.7. The summed E-state index contributed by atoms with van der Waals surface area (Å²) in [5.41, 5.74) is -0.482. The number of carboxylic acid groups (broad SMARTS) is 1. The molecule has 0 atom stereocenters. The standard InChI is InChI=1S/C13H15ClN2O6S/c14-11-6-5-10(7-12(11)16(19)20)23(21,22)15-9-3-1-8(2-4-9)13(17)18/h5-9,15H,1-4H2,(H,17,18)/t8-,9-. The number of benzene rings is 1. The van der Waals surface area contributed by atoms with E-state index >= 15 is 0 Å². The molecule has 0 spiro atoms. The van der Waals surface area contributed by atoms with Crippen molar-refractivity contribution in [3.8, 4) is 0 Å². The second-order valence-corrected chi connectivity index (χ2v) is 7.50. The highest BCUT2D eigenvalue weighted by atomic mass is 35.5. The van der Waals surface area contributed by atoms with Crippen LogP contribution < -0.4 is 4.72 Å². The maximum Gasteiger partial charge on any atom is 0.306 e. The Morgan fingerprint density at radius 2 is 1.91 bits per heavy atom. The summed E-state index contributed by atoms with van der Waals surface area (Å²) in [6, 6.07) is 2.88. The molecule has 126 valence electrons. The van der Waals surface area contributed by atoms with Crippen molar-refractivity contribution >= 4 is 33.3 Å². The highest BCUT2D eigenvalue weighted by Gasteiger charge is 2.29. The molecule has 23 heavy (non-hydrogen) atoms. The lowest BCUT2D eigenvalue weighted by molar-refractivity contribution is -0.384. The minimum atomic E-state index is -3.93. The molecule has 10 heteroatoms. The number of carboxylic acids is 1. The van der Waals surface area contributed by atoms with Crippen molar-refractivity contribution in [3.63, 3.8) is 0 Å². The number of nitro benzene ring substituents is 1. The lowest BCUT2D eigenvalue weighted by atomic mass is 9.87. The van der Waals surface area contributed by atoms with Crippen LogP contribution in [0.1, 0.15) is 25.7 Å². The monoisotopic (exact) mass is 362 g/mol. The van der Waals surface area contributed by atoms with Crippen molar-refractivity contribution < 1.29 is 23.2 Å². The molecule has 0 heterocycles. The first-order valence-electron chi connectivity index (χ1n) is 6.90. The average molecular weight is 363 g/mol. The Morgan fingerprint density at radius 3 is 2.43 bits per heavy atom. The van der Waals surface area contributed by atoms with E-state index in [0.717, 1.165) is 12.1 Å². The van der Waals surface area contributed by atoms with E-state index in [1.54, 1.807) is 0 Å². The first-order chi connectivity index (χ1) is 10.7. The number of nitro groups is 1. The molecule has 1 fully saturated rings. The van der Waals surface area contributed by atoms with Gasteiger partial charge in [0.2, 0.25) is 10.0 Å². The molecular formula is C13H15ClN2O6S. The molecule has 0 bridgehead atoms. The van der Waals surface area contributed by atoms with Crippen molar-refractivity contribution in [3.05, 3.63) is 33.3 Å². The highest BCUT2D eigenvalue weighted by Crippen LogP contribution is 2.29. The van der Waals surface area contributed by atoms with Crippen LogP contribution in [0.3, 0.4) is 0 Å². The van der Waals surface area contributed by atoms with E-state index in [1.807, 2.05) is 0 Å². The van der Waals surface area contributed by atoms with Crippen molar-refractivity contribution in [2.75, 3.05) is 0 Å². The van der Waals surface area contributed by atoms with Crippen molar-refractivity contribution in [1.82, 2.24) is 4.72 Å². The average Bonchev–Trinajstić information content (AvgIpc) is 2.47. The summed E-state index contributed by atoms with van der Waals surface area (Å²) in [6.07, 6.45) is 1.60. The largest absolute Gasteiger partial charge is 0.481 e. The van der Waals surface area contributed by atoms with E-state index in [2.05, 4.69) is 4.72 Å². The molecule has 1 aliphatic carbocycles. The fraction of sp³-hybridized carbons (Fsp3) is 0.462. The predicted molar refractivity (Wildman–Crippen MR) is 81.8 cm³/mol. The van der Waals surface area contributed by atoms with Gasteiger partial charge in [-0.3, -0.25) is 14.9 Å². The molecule has 2 rings (SSSR count). The van der Waals surface area contributed by atoms with E-state index in [1.165, 1.54) is 6.07 Å². The lowest BCUT2D eigenvalue weighted by Crippen LogP contribution is -2.38. The molecule has 8 nitrogen and oxygen atoms in total. The molecule has 0 saturated heterocycles. The van der Waals surface area contributed by atoms with Crippen LogP contribution in [0.5, 0.6) is 0 Å². The number of hydrogen-bond donors (Lipinski definition) is 2. The molecule has 1 aliphatic rings. The van der Waals surface area contributed by atoms with Gasteiger partial charge in [0.25, 0.3) is 5.69 Å². The Hall–Kier alpha value is -1.71. The Morgan fingerprint density at radius 1 is 1.30 bits per heavy atom. The Kier molecular flexibility index (Phi) is 5.23. The second kappa shape index (κ2) is 6.81. The fourth-order valence-corrected chi connectivity index (χ4v) is 4.06. The Labute approximate surface area is 137 Å². The SMILES string of the molecule is O=C(O)[C@H]1CC[C@H](NS(=O)(=O)c2ccc(Cl)c([N+](=O)[O-])c2)CC1. The molecule has 0 aliphatic heterocycles. The predicted octanol–water partition coefficient (Wildman–Crippen LogP) is 2.17. The third-order valence-electron chi connectivity index (χ3n) is 3.82. The Bertz CT molecular complexity index is 728. The van der Waals surface area contributed by atoms with Gasteiger partial charge in [0.05, 0.1) is 15.7 Å². The van der Waals surface area contributed by atoms with Gasteiger partial charge in [0, 0.05) is 12.1 Å². The van der Waals surface area contributed by atoms with Gasteiger partial charge in [-0.1, -0.05) is 11.6 Å². The van der Waals surface area contributed by atoms with Gasteiger partial charge < -0.3 is 5.11 Å². The van der Waals surface area contributed by atoms with E-state index in [4.69, 9.17) is 16.7 Å². The molecule has 1 aromatic rings. The summed E-state index contributed by atoms with van der Waals surface area (Å²) in [6.45, 7) is 0. The summed E-state index contributed by atoms with van der Waals surface area (Å²) < 4.78 is 27.1. The number of hydrogen-bond acceptors (Lipinski definition) is 5. The number of nitrogens with zero attached hydrogens (tertiary/aromatic N) is 1. The first-order valence-corrected chi connectivity index (χ1v) is 8.76. The highest BCUT2D eigenvalue weighted by molar-refractivity contribution is 7.89. The van der Waals surface area contributed by atoms with Gasteiger partial charge in [-0.25, -0.2) is 13.1 Å². The molecule has 1 aromatic carbocycles. The fourth-order valence-electron chi connectivity index (χ4n) is 2.55. The van der Waals surface area contributed by atoms with Crippen molar-refractivity contribution in [1.29, 1.82) is 0 Å². The van der Waals surface area contributed by atoms with Crippen LogP contribution in [-0.2, 0) is 14.8 Å². The van der Waals surface area contributed by atoms with Gasteiger partial charge in [-0.15, -0.1) is 0 Å². The zero-order valence-corrected chi connectivity index (χ0v) is 13.5. The third kappa shape index (κ3) is 4.18. The molecule has 2 N–H and O–H groups in total. The molecule has 1 saturated carbocycles.